The number of carbonyl (C=O) groups excluding carboxylic acids is 3. The maximum absolute atomic E-state index is 12.8. The fourth-order valence-electron chi connectivity index (χ4n) is 2.52. The van der Waals surface area contributed by atoms with Crippen LogP contribution in [0, 0.1) is 5.92 Å². The second kappa shape index (κ2) is 10.9. The van der Waals surface area contributed by atoms with Gasteiger partial charge in [-0.25, -0.2) is 4.98 Å². The molecule has 2 aromatic rings. The molecule has 1 heterocycles. The first-order valence-corrected chi connectivity index (χ1v) is 10.6. The van der Waals surface area contributed by atoms with Crippen LogP contribution in [0.4, 0.5) is 5.13 Å². The Kier molecular flexibility index (Phi) is 8.60. The number of hydrogen-bond acceptors (Lipinski definition) is 6. The van der Waals surface area contributed by atoms with Crippen molar-refractivity contribution in [2.75, 3.05) is 11.9 Å². The summed E-state index contributed by atoms with van der Waals surface area (Å²) in [6.07, 6.45) is 0.743. The number of ether oxygens (including phenoxy) is 1. The Morgan fingerprint density at radius 2 is 1.90 bits per heavy atom. The number of anilines is 1. The Morgan fingerprint density at radius 1 is 1.21 bits per heavy atom. The van der Waals surface area contributed by atoms with Gasteiger partial charge in [-0.3, -0.25) is 14.4 Å². The lowest BCUT2D eigenvalue weighted by atomic mass is 9.98. The van der Waals surface area contributed by atoms with Crippen LogP contribution in [-0.2, 0) is 20.7 Å². The second-order valence-electron chi connectivity index (χ2n) is 6.46. The normalized spacial score (nSPS) is 12.7. The summed E-state index contributed by atoms with van der Waals surface area (Å²) in [5.41, 5.74) is 0.940. The predicted octanol–water partition coefficient (Wildman–Crippen LogP) is 3.69. The van der Waals surface area contributed by atoms with E-state index in [1.165, 1.54) is 11.3 Å². The van der Waals surface area contributed by atoms with Gasteiger partial charge in [0, 0.05) is 16.0 Å². The highest BCUT2D eigenvalue weighted by atomic mass is 35.5. The third-order valence-corrected chi connectivity index (χ3v) is 5.36. The molecule has 2 amide bonds. The minimum atomic E-state index is -0.736. The topological polar surface area (TPSA) is 97.4 Å². The standard InChI is InChI=1S/C20H24ClN3O4S/c1-4-12(3)17(23-18(26)13-6-8-14(21)9-7-13)19(27)24-20-22-15(11-29-20)10-16(25)28-5-2/h6-9,11-12,17H,4-5,10H2,1-3H3,(H,23,26)(H,22,24,27)/t12-,17+/m1/s1. The lowest BCUT2D eigenvalue weighted by Gasteiger charge is -2.23. The molecule has 2 rings (SSSR count). The minimum Gasteiger partial charge on any atom is -0.466 e. The minimum absolute atomic E-state index is 0.0440. The fourth-order valence-corrected chi connectivity index (χ4v) is 3.36. The zero-order valence-electron chi connectivity index (χ0n) is 16.5. The van der Waals surface area contributed by atoms with E-state index in [0.29, 0.717) is 34.4 Å². The zero-order valence-corrected chi connectivity index (χ0v) is 18.1. The summed E-state index contributed by atoms with van der Waals surface area (Å²) >= 11 is 7.07. The van der Waals surface area contributed by atoms with Crippen LogP contribution in [0.3, 0.4) is 0 Å². The van der Waals surface area contributed by atoms with Crippen LogP contribution in [0.2, 0.25) is 5.02 Å². The van der Waals surface area contributed by atoms with Crippen molar-refractivity contribution in [1.82, 2.24) is 10.3 Å². The van der Waals surface area contributed by atoms with Gasteiger partial charge >= 0.3 is 5.97 Å². The Bertz CT molecular complexity index is 854. The molecule has 2 atom stereocenters. The summed E-state index contributed by atoms with van der Waals surface area (Å²) < 4.78 is 4.90. The van der Waals surface area contributed by atoms with E-state index >= 15 is 0 Å². The SMILES string of the molecule is CCOC(=O)Cc1csc(NC(=O)[C@@H](NC(=O)c2ccc(Cl)cc2)[C@H](C)CC)n1. The molecule has 9 heteroatoms. The molecule has 0 fully saturated rings. The average molecular weight is 438 g/mol. The van der Waals surface area contributed by atoms with Gasteiger partial charge in [0.15, 0.2) is 5.13 Å². The number of esters is 1. The monoisotopic (exact) mass is 437 g/mol. The highest BCUT2D eigenvalue weighted by molar-refractivity contribution is 7.13. The molecule has 29 heavy (non-hydrogen) atoms. The fraction of sp³-hybridized carbons (Fsp3) is 0.400. The number of nitrogens with zero attached hydrogens (tertiary/aromatic N) is 1. The van der Waals surface area contributed by atoms with Crippen molar-refractivity contribution in [1.29, 1.82) is 0 Å². The number of aromatic nitrogens is 1. The van der Waals surface area contributed by atoms with Crippen LogP contribution in [-0.4, -0.2) is 35.4 Å². The molecule has 156 valence electrons. The van der Waals surface area contributed by atoms with Crippen molar-refractivity contribution < 1.29 is 19.1 Å². The largest absolute Gasteiger partial charge is 0.466 e. The van der Waals surface area contributed by atoms with Gasteiger partial charge in [-0.05, 0) is 37.1 Å². The van der Waals surface area contributed by atoms with Crippen LogP contribution in [0.25, 0.3) is 0 Å². The van der Waals surface area contributed by atoms with Crippen LogP contribution in [0.5, 0.6) is 0 Å². The average Bonchev–Trinajstić information content (AvgIpc) is 3.12. The molecule has 0 aliphatic heterocycles. The molecule has 0 unspecified atom stereocenters. The third-order valence-electron chi connectivity index (χ3n) is 4.30. The molecule has 0 spiro atoms. The molecule has 0 bridgehead atoms. The summed E-state index contributed by atoms with van der Waals surface area (Å²) in [5, 5.41) is 8.10. The summed E-state index contributed by atoms with van der Waals surface area (Å²) in [6, 6.07) is 5.71. The highest BCUT2D eigenvalue weighted by Crippen LogP contribution is 2.18. The van der Waals surface area contributed by atoms with Gasteiger partial charge in [0.2, 0.25) is 5.91 Å². The van der Waals surface area contributed by atoms with E-state index in [1.54, 1.807) is 36.6 Å². The van der Waals surface area contributed by atoms with E-state index in [0.717, 1.165) is 0 Å². The molecule has 7 nitrogen and oxygen atoms in total. The first kappa shape index (κ1) is 22.8. The van der Waals surface area contributed by atoms with E-state index in [-0.39, 0.29) is 30.1 Å². The number of halogens is 1. The van der Waals surface area contributed by atoms with Crippen LogP contribution < -0.4 is 10.6 Å². The number of thiazole rings is 1. The molecule has 0 aliphatic carbocycles. The number of rotatable bonds is 9. The Hall–Kier alpha value is -2.45. The van der Waals surface area contributed by atoms with E-state index in [2.05, 4.69) is 15.6 Å². The first-order chi connectivity index (χ1) is 13.8. The van der Waals surface area contributed by atoms with Crippen LogP contribution in [0.1, 0.15) is 43.2 Å². The number of nitrogens with one attached hydrogen (secondary N) is 2. The molecule has 2 N–H and O–H groups in total. The quantitative estimate of drug-likeness (QED) is 0.583. The smallest absolute Gasteiger partial charge is 0.311 e. The molecule has 0 aliphatic rings. The third kappa shape index (κ3) is 6.83. The molecule has 1 aromatic carbocycles. The zero-order chi connectivity index (χ0) is 21.4. The molecule has 0 saturated carbocycles. The molecular formula is C20H24ClN3O4S. The summed E-state index contributed by atoms with van der Waals surface area (Å²) in [4.78, 5) is 41.1. The maximum atomic E-state index is 12.8. The van der Waals surface area contributed by atoms with Crippen molar-refractivity contribution in [3.8, 4) is 0 Å². The van der Waals surface area contributed by atoms with E-state index in [9.17, 15) is 14.4 Å². The number of benzene rings is 1. The lowest BCUT2D eigenvalue weighted by Crippen LogP contribution is -2.47. The van der Waals surface area contributed by atoms with Gasteiger partial charge in [-0.1, -0.05) is 31.9 Å². The van der Waals surface area contributed by atoms with Crippen molar-refractivity contribution in [3.05, 3.63) is 45.9 Å². The number of hydrogen-bond donors (Lipinski definition) is 2. The van der Waals surface area contributed by atoms with E-state index in [4.69, 9.17) is 16.3 Å². The van der Waals surface area contributed by atoms with Gasteiger partial charge in [0.1, 0.15) is 6.04 Å². The second-order valence-corrected chi connectivity index (χ2v) is 7.75. The Morgan fingerprint density at radius 3 is 2.52 bits per heavy atom. The Labute approximate surface area is 178 Å². The van der Waals surface area contributed by atoms with Crippen LogP contribution >= 0.6 is 22.9 Å². The molecule has 0 saturated heterocycles. The maximum Gasteiger partial charge on any atom is 0.311 e. The van der Waals surface area contributed by atoms with Crippen molar-refractivity contribution in [2.45, 2.75) is 39.7 Å². The van der Waals surface area contributed by atoms with Crippen molar-refractivity contribution in [3.63, 3.8) is 0 Å². The van der Waals surface area contributed by atoms with Crippen LogP contribution in [0.15, 0.2) is 29.6 Å². The van der Waals surface area contributed by atoms with Crippen molar-refractivity contribution >= 4 is 45.9 Å². The van der Waals surface area contributed by atoms with E-state index < -0.39 is 6.04 Å². The van der Waals surface area contributed by atoms with Gasteiger partial charge in [-0.2, -0.15) is 0 Å². The van der Waals surface area contributed by atoms with Gasteiger partial charge in [-0.15, -0.1) is 11.3 Å². The van der Waals surface area contributed by atoms with Gasteiger partial charge in [0.05, 0.1) is 18.7 Å². The number of amides is 2. The van der Waals surface area contributed by atoms with Gasteiger partial charge in [0.25, 0.3) is 5.91 Å². The van der Waals surface area contributed by atoms with Gasteiger partial charge < -0.3 is 15.4 Å². The summed E-state index contributed by atoms with van der Waals surface area (Å²) in [7, 11) is 0. The highest BCUT2D eigenvalue weighted by Gasteiger charge is 2.27. The molecular weight excluding hydrogens is 414 g/mol. The molecule has 0 radical (unpaired) electrons. The van der Waals surface area contributed by atoms with E-state index in [1.807, 2.05) is 13.8 Å². The lowest BCUT2D eigenvalue weighted by molar-refractivity contribution is -0.142. The molecule has 1 aromatic heterocycles. The summed E-state index contributed by atoms with van der Waals surface area (Å²) in [6.45, 7) is 5.87. The van der Waals surface area contributed by atoms with Crippen molar-refractivity contribution in [2.24, 2.45) is 5.92 Å². The predicted molar refractivity (Wildman–Crippen MR) is 113 cm³/mol. The summed E-state index contributed by atoms with van der Waals surface area (Å²) in [5.74, 6) is -1.18. The number of carbonyl (C=O) groups is 3. The first-order valence-electron chi connectivity index (χ1n) is 9.31. The Balaban J connectivity index is 2.05.